The van der Waals surface area contributed by atoms with Gasteiger partial charge in [-0.3, -0.25) is 0 Å². The Morgan fingerprint density at radius 3 is 2.69 bits per heavy atom. The summed E-state index contributed by atoms with van der Waals surface area (Å²) in [5, 5.41) is 14.4. The Balaban J connectivity index is 2.58. The quantitative estimate of drug-likeness (QED) is 0.770. The molecule has 0 bridgehead atoms. The molecule has 0 fully saturated rings. The molecule has 0 aliphatic carbocycles. The zero-order valence-electron chi connectivity index (χ0n) is 8.42. The summed E-state index contributed by atoms with van der Waals surface area (Å²) in [6.07, 6.45) is 3.60. The SMILES string of the molecule is CCCC(O)(CC)Cc1ccsc1. The fourth-order valence-electron chi connectivity index (χ4n) is 1.63. The molecule has 0 aliphatic rings. The van der Waals surface area contributed by atoms with Crippen LogP contribution in [0.3, 0.4) is 0 Å². The van der Waals surface area contributed by atoms with Crippen LogP contribution in [0.5, 0.6) is 0 Å². The van der Waals surface area contributed by atoms with Crippen molar-refractivity contribution in [1.29, 1.82) is 0 Å². The standard InChI is InChI=1S/C11H18OS/c1-3-6-11(12,4-2)8-10-5-7-13-9-10/h5,7,9,12H,3-4,6,8H2,1-2H3. The lowest BCUT2D eigenvalue weighted by atomic mass is 9.89. The molecule has 0 saturated carbocycles. The van der Waals surface area contributed by atoms with Gasteiger partial charge in [-0.05, 0) is 35.2 Å². The van der Waals surface area contributed by atoms with E-state index in [9.17, 15) is 5.11 Å². The van der Waals surface area contributed by atoms with Gasteiger partial charge in [-0.25, -0.2) is 0 Å². The van der Waals surface area contributed by atoms with Gasteiger partial charge in [-0.15, -0.1) is 0 Å². The number of hydrogen-bond acceptors (Lipinski definition) is 2. The Morgan fingerprint density at radius 2 is 2.23 bits per heavy atom. The van der Waals surface area contributed by atoms with E-state index in [-0.39, 0.29) is 0 Å². The fourth-order valence-corrected chi connectivity index (χ4v) is 2.30. The van der Waals surface area contributed by atoms with Gasteiger partial charge in [-0.2, -0.15) is 11.3 Å². The van der Waals surface area contributed by atoms with Crippen molar-refractivity contribution >= 4 is 11.3 Å². The first kappa shape index (κ1) is 10.7. The lowest BCUT2D eigenvalue weighted by molar-refractivity contribution is 0.0272. The summed E-state index contributed by atoms with van der Waals surface area (Å²) in [6, 6.07) is 2.10. The zero-order chi connectivity index (χ0) is 9.73. The first-order chi connectivity index (χ1) is 6.20. The Hall–Kier alpha value is -0.340. The van der Waals surface area contributed by atoms with Crippen molar-refractivity contribution in [1.82, 2.24) is 0 Å². The predicted molar refractivity (Wildman–Crippen MR) is 58.2 cm³/mol. The molecule has 1 heterocycles. The monoisotopic (exact) mass is 198 g/mol. The molecule has 0 saturated heterocycles. The summed E-state index contributed by atoms with van der Waals surface area (Å²) < 4.78 is 0. The van der Waals surface area contributed by atoms with Crippen LogP contribution in [-0.4, -0.2) is 10.7 Å². The summed E-state index contributed by atoms with van der Waals surface area (Å²) in [7, 11) is 0. The minimum atomic E-state index is -0.476. The fraction of sp³-hybridized carbons (Fsp3) is 0.636. The van der Waals surface area contributed by atoms with Crippen molar-refractivity contribution in [2.75, 3.05) is 0 Å². The molecular weight excluding hydrogens is 180 g/mol. The molecule has 1 nitrogen and oxygen atoms in total. The highest BCUT2D eigenvalue weighted by atomic mass is 32.1. The average Bonchev–Trinajstić information content (AvgIpc) is 2.57. The first-order valence-corrected chi connectivity index (χ1v) is 5.88. The molecule has 0 aromatic carbocycles. The van der Waals surface area contributed by atoms with E-state index >= 15 is 0 Å². The van der Waals surface area contributed by atoms with E-state index < -0.39 is 5.60 Å². The van der Waals surface area contributed by atoms with Crippen LogP contribution in [0.15, 0.2) is 16.8 Å². The molecule has 1 N–H and O–H groups in total. The summed E-state index contributed by atoms with van der Waals surface area (Å²) in [5.41, 5.74) is 0.790. The molecule has 1 unspecified atom stereocenters. The average molecular weight is 198 g/mol. The van der Waals surface area contributed by atoms with Crippen molar-refractivity contribution in [3.8, 4) is 0 Å². The van der Waals surface area contributed by atoms with Crippen LogP contribution in [0.4, 0.5) is 0 Å². The molecule has 1 atom stereocenters. The summed E-state index contributed by atoms with van der Waals surface area (Å²) in [5.74, 6) is 0. The second-order valence-corrected chi connectivity index (χ2v) is 4.42. The minimum Gasteiger partial charge on any atom is -0.390 e. The third-order valence-corrected chi connectivity index (χ3v) is 3.22. The van der Waals surface area contributed by atoms with E-state index in [1.54, 1.807) is 11.3 Å². The van der Waals surface area contributed by atoms with Crippen LogP contribution in [-0.2, 0) is 6.42 Å². The predicted octanol–water partition coefficient (Wildman–Crippen LogP) is 3.23. The van der Waals surface area contributed by atoms with Gasteiger partial charge in [0.2, 0.25) is 0 Å². The van der Waals surface area contributed by atoms with Gasteiger partial charge in [0.15, 0.2) is 0 Å². The first-order valence-electron chi connectivity index (χ1n) is 4.93. The largest absolute Gasteiger partial charge is 0.390 e. The maximum Gasteiger partial charge on any atom is 0.0685 e. The van der Waals surface area contributed by atoms with Crippen LogP contribution >= 0.6 is 11.3 Å². The number of aliphatic hydroxyl groups is 1. The molecule has 0 radical (unpaired) electrons. The summed E-state index contributed by atoms with van der Waals surface area (Å²) in [6.45, 7) is 4.18. The van der Waals surface area contributed by atoms with Crippen LogP contribution < -0.4 is 0 Å². The second kappa shape index (κ2) is 4.77. The van der Waals surface area contributed by atoms with Crippen molar-refractivity contribution in [3.63, 3.8) is 0 Å². The van der Waals surface area contributed by atoms with Crippen molar-refractivity contribution < 1.29 is 5.11 Å². The van der Waals surface area contributed by atoms with E-state index in [4.69, 9.17) is 0 Å². The number of rotatable bonds is 5. The Kier molecular flexibility index (Phi) is 3.94. The van der Waals surface area contributed by atoms with Gasteiger partial charge in [0.25, 0.3) is 0 Å². The Bertz CT molecular complexity index is 230. The van der Waals surface area contributed by atoms with Crippen LogP contribution in [0.2, 0.25) is 0 Å². The molecule has 0 spiro atoms. The van der Waals surface area contributed by atoms with Crippen LogP contribution in [0.1, 0.15) is 38.7 Å². The number of thiophene rings is 1. The Labute approximate surface area is 84.4 Å². The molecule has 1 rings (SSSR count). The van der Waals surface area contributed by atoms with Gasteiger partial charge in [0.1, 0.15) is 0 Å². The zero-order valence-corrected chi connectivity index (χ0v) is 9.23. The highest BCUT2D eigenvalue weighted by Gasteiger charge is 2.23. The number of hydrogen-bond donors (Lipinski definition) is 1. The van der Waals surface area contributed by atoms with Gasteiger partial charge < -0.3 is 5.11 Å². The topological polar surface area (TPSA) is 20.2 Å². The maximum absolute atomic E-state index is 10.2. The molecule has 74 valence electrons. The molecule has 2 heteroatoms. The van der Waals surface area contributed by atoms with Crippen LogP contribution in [0.25, 0.3) is 0 Å². The molecule has 1 aromatic rings. The normalized spacial score (nSPS) is 15.6. The van der Waals surface area contributed by atoms with Gasteiger partial charge in [0, 0.05) is 6.42 Å². The lowest BCUT2D eigenvalue weighted by Crippen LogP contribution is -2.30. The van der Waals surface area contributed by atoms with Gasteiger partial charge in [0.05, 0.1) is 5.60 Å². The molecule has 1 aromatic heterocycles. The Morgan fingerprint density at radius 1 is 1.46 bits per heavy atom. The lowest BCUT2D eigenvalue weighted by Gasteiger charge is -2.25. The highest BCUT2D eigenvalue weighted by Crippen LogP contribution is 2.23. The van der Waals surface area contributed by atoms with E-state index in [0.29, 0.717) is 0 Å². The third kappa shape index (κ3) is 3.12. The van der Waals surface area contributed by atoms with Gasteiger partial charge >= 0.3 is 0 Å². The van der Waals surface area contributed by atoms with Gasteiger partial charge in [-0.1, -0.05) is 20.3 Å². The summed E-state index contributed by atoms with van der Waals surface area (Å²) in [4.78, 5) is 0. The third-order valence-electron chi connectivity index (χ3n) is 2.49. The van der Waals surface area contributed by atoms with E-state index in [0.717, 1.165) is 25.7 Å². The van der Waals surface area contributed by atoms with Crippen molar-refractivity contribution in [2.45, 2.75) is 45.1 Å². The van der Waals surface area contributed by atoms with Crippen molar-refractivity contribution in [2.24, 2.45) is 0 Å². The summed E-state index contributed by atoms with van der Waals surface area (Å²) >= 11 is 1.70. The van der Waals surface area contributed by atoms with E-state index in [2.05, 4.69) is 30.7 Å². The van der Waals surface area contributed by atoms with Crippen molar-refractivity contribution in [3.05, 3.63) is 22.4 Å². The molecular formula is C11H18OS. The smallest absolute Gasteiger partial charge is 0.0685 e. The van der Waals surface area contributed by atoms with Crippen LogP contribution in [0, 0.1) is 0 Å². The molecule has 0 aliphatic heterocycles. The van der Waals surface area contributed by atoms with E-state index in [1.165, 1.54) is 5.56 Å². The van der Waals surface area contributed by atoms with E-state index in [1.807, 2.05) is 0 Å². The molecule has 13 heavy (non-hydrogen) atoms. The minimum absolute atomic E-state index is 0.476. The maximum atomic E-state index is 10.2. The second-order valence-electron chi connectivity index (χ2n) is 3.64. The highest BCUT2D eigenvalue weighted by molar-refractivity contribution is 7.07. The molecule has 0 amide bonds.